The number of hydrogen-bond donors (Lipinski definition) is 1. The van der Waals surface area contributed by atoms with Crippen molar-refractivity contribution in [2.24, 2.45) is 0 Å². The average Bonchev–Trinajstić information content (AvgIpc) is 2.73. The van der Waals surface area contributed by atoms with Crippen LogP contribution in [0, 0.1) is 0 Å². The largest absolute Gasteiger partial charge is 0.444 e. The second-order valence-corrected chi connectivity index (χ2v) is 8.69. The van der Waals surface area contributed by atoms with Crippen LogP contribution >= 0.6 is 11.6 Å². The van der Waals surface area contributed by atoms with Crippen LogP contribution in [0.1, 0.15) is 49.7 Å². The zero-order valence-electron chi connectivity index (χ0n) is 17.7. The van der Waals surface area contributed by atoms with Gasteiger partial charge in [-0.05, 0) is 75.6 Å². The van der Waals surface area contributed by atoms with Crippen LogP contribution in [-0.4, -0.2) is 40.6 Å². The number of benzene rings is 1. The molecule has 1 aromatic heterocycles. The molecule has 0 radical (unpaired) electrons. The molecular formula is C23H25ClFN3O3. The van der Waals surface area contributed by atoms with Crippen LogP contribution in [-0.2, 0) is 4.74 Å². The Morgan fingerprint density at radius 2 is 1.74 bits per heavy atom. The smallest absolute Gasteiger partial charge is 0.410 e. The minimum atomic E-state index is -0.570. The van der Waals surface area contributed by atoms with Crippen molar-refractivity contribution in [2.45, 2.75) is 39.2 Å². The molecular weight excluding hydrogens is 421 g/mol. The second kappa shape index (κ2) is 9.47. The van der Waals surface area contributed by atoms with E-state index < -0.39 is 17.5 Å². The zero-order chi connectivity index (χ0) is 22.6. The van der Waals surface area contributed by atoms with Crippen molar-refractivity contribution in [2.75, 3.05) is 18.4 Å². The van der Waals surface area contributed by atoms with E-state index in [4.69, 9.17) is 16.3 Å². The molecule has 164 valence electrons. The summed E-state index contributed by atoms with van der Waals surface area (Å²) in [4.78, 5) is 30.4. The molecule has 1 fully saturated rings. The summed E-state index contributed by atoms with van der Waals surface area (Å²) in [5.41, 5.74) is 0.590. The highest BCUT2D eigenvalue weighted by Gasteiger charge is 2.26. The number of nitrogens with one attached hydrogen (secondary N) is 1. The molecule has 1 aliphatic heterocycles. The van der Waals surface area contributed by atoms with Gasteiger partial charge in [0, 0.05) is 23.7 Å². The molecule has 2 aromatic rings. The number of piperidine rings is 1. The Balaban J connectivity index is 1.66. The van der Waals surface area contributed by atoms with Gasteiger partial charge in [0.05, 0.1) is 0 Å². The summed E-state index contributed by atoms with van der Waals surface area (Å²) in [6, 6.07) is 11.2. The summed E-state index contributed by atoms with van der Waals surface area (Å²) in [5, 5.41) is 3.20. The molecule has 0 aliphatic carbocycles. The first kappa shape index (κ1) is 22.7. The number of hydrogen-bond acceptors (Lipinski definition) is 4. The highest BCUT2D eigenvalue weighted by molar-refractivity contribution is 6.30. The average molecular weight is 446 g/mol. The van der Waals surface area contributed by atoms with E-state index in [0.29, 0.717) is 42.1 Å². The van der Waals surface area contributed by atoms with Crippen molar-refractivity contribution in [1.82, 2.24) is 9.88 Å². The van der Waals surface area contributed by atoms with Crippen molar-refractivity contribution in [3.05, 3.63) is 64.3 Å². The lowest BCUT2D eigenvalue weighted by Crippen LogP contribution is -2.40. The van der Waals surface area contributed by atoms with Gasteiger partial charge in [0.25, 0.3) is 5.91 Å². The van der Waals surface area contributed by atoms with Crippen molar-refractivity contribution in [1.29, 1.82) is 0 Å². The minimum absolute atomic E-state index is 0.148. The number of ether oxygens (including phenoxy) is 1. The van der Waals surface area contributed by atoms with E-state index in [1.807, 2.05) is 20.8 Å². The summed E-state index contributed by atoms with van der Waals surface area (Å²) < 4.78 is 20.4. The summed E-state index contributed by atoms with van der Waals surface area (Å²) in [7, 11) is 0. The highest BCUT2D eigenvalue weighted by Crippen LogP contribution is 2.28. The van der Waals surface area contributed by atoms with Crippen molar-refractivity contribution in [3.8, 4) is 0 Å². The Morgan fingerprint density at radius 3 is 2.35 bits per heavy atom. The molecule has 31 heavy (non-hydrogen) atoms. The maximum Gasteiger partial charge on any atom is 0.410 e. The molecule has 3 rings (SSSR count). The molecule has 0 atom stereocenters. The normalized spacial score (nSPS) is 14.2. The summed E-state index contributed by atoms with van der Waals surface area (Å²) in [6.07, 6.45) is 0.402. The van der Waals surface area contributed by atoms with Crippen LogP contribution in [0.25, 0.3) is 5.83 Å². The van der Waals surface area contributed by atoms with Gasteiger partial charge in [-0.1, -0.05) is 17.7 Å². The number of halogens is 2. The van der Waals surface area contributed by atoms with Gasteiger partial charge in [0.2, 0.25) is 0 Å². The lowest BCUT2D eigenvalue weighted by Gasteiger charge is -2.31. The highest BCUT2D eigenvalue weighted by atomic mass is 35.5. The molecule has 0 unspecified atom stereocenters. The molecule has 1 aliphatic rings. The lowest BCUT2D eigenvalue weighted by atomic mass is 10.0. The van der Waals surface area contributed by atoms with Crippen molar-refractivity contribution < 1.29 is 18.7 Å². The first-order valence-electron chi connectivity index (χ1n) is 10.0. The third kappa shape index (κ3) is 6.28. The van der Waals surface area contributed by atoms with Crippen LogP contribution in [0.4, 0.5) is 15.0 Å². The van der Waals surface area contributed by atoms with Gasteiger partial charge in [-0.25, -0.2) is 14.2 Å². The number of carbonyl (C=O) groups is 2. The Hall–Kier alpha value is -2.93. The summed E-state index contributed by atoms with van der Waals surface area (Å²) in [6.45, 7) is 6.19. The number of likely N-dealkylation sites (tertiary alicyclic amines) is 1. The second-order valence-electron chi connectivity index (χ2n) is 8.25. The number of rotatable bonds is 3. The SMILES string of the molecule is CC(C)(C)OC(=O)N1CCC(=C(F)c2cccc(NC(=O)c3ccc(Cl)cc3)n2)CC1. The number of amides is 2. The van der Waals surface area contributed by atoms with Gasteiger partial charge >= 0.3 is 6.09 Å². The van der Waals surface area contributed by atoms with E-state index in [2.05, 4.69) is 10.3 Å². The van der Waals surface area contributed by atoms with Gasteiger partial charge in [0.15, 0.2) is 0 Å². The molecule has 8 heteroatoms. The maximum absolute atomic E-state index is 15.1. The van der Waals surface area contributed by atoms with Gasteiger partial charge in [-0.15, -0.1) is 0 Å². The van der Waals surface area contributed by atoms with E-state index in [1.54, 1.807) is 47.4 Å². The van der Waals surface area contributed by atoms with Crippen LogP contribution in [0.15, 0.2) is 48.0 Å². The Labute approximate surface area is 186 Å². The molecule has 6 nitrogen and oxygen atoms in total. The predicted octanol–water partition coefficient (Wildman–Crippen LogP) is 5.70. The molecule has 0 spiro atoms. The first-order valence-corrected chi connectivity index (χ1v) is 10.4. The fourth-order valence-electron chi connectivity index (χ4n) is 3.10. The third-order valence-corrected chi connectivity index (χ3v) is 4.90. The maximum atomic E-state index is 15.1. The van der Waals surface area contributed by atoms with Crippen LogP contribution < -0.4 is 5.32 Å². The summed E-state index contributed by atoms with van der Waals surface area (Å²) >= 11 is 5.84. The van der Waals surface area contributed by atoms with E-state index in [0.717, 1.165) is 0 Å². The molecule has 1 aromatic carbocycles. The minimum Gasteiger partial charge on any atom is -0.444 e. The van der Waals surface area contributed by atoms with Crippen LogP contribution in [0.5, 0.6) is 0 Å². The first-order chi connectivity index (χ1) is 14.6. The predicted molar refractivity (Wildman–Crippen MR) is 119 cm³/mol. The van der Waals surface area contributed by atoms with Gasteiger partial charge < -0.3 is 15.0 Å². The number of aromatic nitrogens is 1. The van der Waals surface area contributed by atoms with E-state index >= 15 is 4.39 Å². The number of carbonyl (C=O) groups excluding carboxylic acids is 2. The molecule has 2 heterocycles. The Bertz CT molecular complexity index is 990. The molecule has 2 amide bonds. The van der Waals surface area contributed by atoms with E-state index in [9.17, 15) is 9.59 Å². The van der Waals surface area contributed by atoms with Crippen molar-refractivity contribution >= 4 is 35.2 Å². The standard InChI is InChI=1S/C23H25ClFN3O3/c1-23(2,3)31-22(30)28-13-11-15(12-14-28)20(25)18-5-4-6-19(26-18)27-21(29)16-7-9-17(24)10-8-16/h4-10H,11-14H2,1-3H3,(H,26,27,29). The van der Waals surface area contributed by atoms with Gasteiger partial charge in [-0.2, -0.15) is 0 Å². The van der Waals surface area contributed by atoms with Crippen LogP contribution in [0.3, 0.4) is 0 Å². The van der Waals surface area contributed by atoms with Crippen molar-refractivity contribution in [3.63, 3.8) is 0 Å². The third-order valence-electron chi connectivity index (χ3n) is 4.65. The number of nitrogens with zero attached hydrogens (tertiary/aromatic N) is 2. The quantitative estimate of drug-likeness (QED) is 0.657. The lowest BCUT2D eigenvalue weighted by molar-refractivity contribution is 0.0236. The number of pyridine rings is 1. The zero-order valence-corrected chi connectivity index (χ0v) is 18.5. The van der Waals surface area contributed by atoms with E-state index in [1.165, 1.54) is 0 Å². The molecule has 0 saturated carbocycles. The van der Waals surface area contributed by atoms with Gasteiger partial charge in [0.1, 0.15) is 22.9 Å². The summed E-state index contributed by atoms with van der Waals surface area (Å²) in [5.74, 6) is -0.536. The fourth-order valence-corrected chi connectivity index (χ4v) is 3.23. The molecule has 1 saturated heterocycles. The Morgan fingerprint density at radius 1 is 1.10 bits per heavy atom. The number of anilines is 1. The molecule has 1 N–H and O–H groups in total. The Kier molecular flexibility index (Phi) is 6.95. The fraction of sp³-hybridized carbons (Fsp3) is 0.348. The van der Waals surface area contributed by atoms with Gasteiger partial charge in [-0.3, -0.25) is 4.79 Å². The topological polar surface area (TPSA) is 71.5 Å². The molecule has 0 bridgehead atoms. The monoisotopic (exact) mass is 445 g/mol. The van der Waals surface area contributed by atoms with E-state index in [-0.39, 0.29) is 17.4 Å². The van der Waals surface area contributed by atoms with Crippen LogP contribution in [0.2, 0.25) is 5.02 Å².